The van der Waals surface area contributed by atoms with E-state index in [2.05, 4.69) is 0 Å². The smallest absolute Gasteiger partial charge is 0.386 e. The van der Waals surface area contributed by atoms with E-state index in [0.29, 0.717) is 26.2 Å². The van der Waals surface area contributed by atoms with E-state index in [1.165, 1.54) is 0 Å². The molecule has 0 aliphatic carbocycles. The molecule has 0 saturated carbocycles. The molecule has 0 aliphatic heterocycles. The zero-order valence-electron chi connectivity index (χ0n) is 8.99. The molecule has 0 rings (SSSR count). The molecule has 0 bridgehead atoms. The lowest BCUT2D eigenvalue weighted by Crippen LogP contribution is -2.28. The van der Waals surface area contributed by atoms with Crippen LogP contribution in [0.1, 0.15) is 33.1 Å². The van der Waals surface area contributed by atoms with Gasteiger partial charge < -0.3 is 14.0 Å². The molecule has 80 valence electrons. The van der Waals surface area contributed by atoms with Crippen LogP contribution in [0.3, 0.4) is 0 Å². The van der Waals surface area contributed by atoms with Crippen LogP contribution in [0.15, 0.2) is 0 Å². The van der Waals surface area contributed by atoms with E-state index < -0.39 is 7.32 Å². The van der Waals surface area contributed by atoms with Crippen LogP contribution in [0.4, 0.5) is 0 Å². The van der Waals surface area contributed by atoms with E-state index in [9.17, 15) is 0 Å². The molecule has 5 heteroatoms. The minimum Gasteiger partial charge on any atom is -0.386 e. The average molecular weight is 199 g/mol. The van der Waals surface area contributed by atoms with E-state index in [0.717, 1.165) is 12.8 Å². The molecule has 0 saturated heterocycles. The first-order valence-electron chi connectivity index (χ1n) is 5.06. The summed E-state index contributed by atoms with van der Waals surface area (Å²) in [6.45, 7) is 5.62. The highest BCUT2D eigenvalue weighted by atomic mass is 16.7. The maximum atomic E-state index is 8.32. The lowest BCUT2D eigenvalue weighted by atomic mass is 10.2. The molecule has 0 atom stereocenters. The van der Waals surface area contributed by atoms with Gasteiger partial charge >= 0.3 is 7.32 Å². The summed E-state index contributed by atoms with van der Waals surface area (Å²) in [7, 11) is -0.608. The van der Waals surface area contributed by atoms with Crippen LogP contribution in [0.25, 0.3) is 0 Å². The molecule has 0 N–H and O–H groups in total. The SMILES string of the molecule is CCCOB(OCCC)OCCC#N. The summed E-state index contributed by atoms with van der Waals surface area (Å²) in [5, 5.41) is 8.32. The maximum absolute atomic E-state index is 8.32. The Kier molecular flexibility index (Phi) is 10.1. The second-order valence-electron chi connectivity index (χ2n) is 2.81. The predicted molar refractivity (Wildman–Crippen MR) is 54.4 cm³/mol. The average Bonchev–Trinajstić information content (AvgIpc) is 2.21. The molecule has 0 fully saturated rings. The summed E-state index contributed by atoms with van der Waals surface area (Å²) in [5.74, 6) is 0. The van der Waals surface area contributed by atoms with Gasteiger partial charge in [0, 0.05) is 19.8 Å². The third kappa shape index (κ3) is 8.05. The Morgan fingerprint density at radius 2 is 1.50 bits per heavy atom. The van der Waals surface area contributed by atoms with Crippen molar-refractivity contribution in [3.63, 3.8) is 0 Å². The number of hydrogen-bond donors (Lipinski definition) is 0. The first-order valence-corrected chi connectivity index (χ1v) is 5.06. The van der Waals surface area contributed by atoms with Gasteiger partial charge in [0.25, 0.3) is 0 Å². The first kappa shape index (κ1) is 13.4. The highest BCUT2D eigenvalue weighted by molar-refractivity contribution is 6.36. The van der Waals surface area contributed by atoms with Gasteiger partial charge in [-0.2, -0.15) is 5.26 Å². The topological polar surface area (TPSA) is 51.5 Å². The zero-order chi connectivity index (χ0) is 10.6. The van der Waals surface area contributed by atoms with Gasteiger partial charge in [-0.3, -0.25) is 0 Å². The van der Waals surface area contributed by atoms with E-state index >= 15 is 0 Å². The molecule has 0 aromatic heterocycles. The van der Waals surface area contributed by atoms with Crippen LogP contribution in [0.2, 0.25) is 0 Å². The van der Waals surface area contributed by atoms with Crippen molar-refractivity contribution in [2.45, 2.75) is 33.1 Å². The summed E-state index contributed by atoms with van der Waals surface area (Å²) in [4.78, 5) is 0. The van der Waals surface area contributed by atoms with Crippen molar-refractivity contribution < 1.29 is 14.0 Å². The van der Waals surface area contributed by atoms with Crippen molar-refractivity contribution in [1.82, 2.24) is 0 Å². The predicted octanol–water partition coefficient (Wildman–Crippen LogP) is 1.75. The molecule has 0 unspecified atom stereocenters. The minimum atomic E-state index is -0.608. The van der Waals surface area contributed by atoms with E-state index in [-0.39, 0.29) is 0 Å². The summed E-state index contributed by atoms with van der Waals surface area (Å²) in [6.07, 6.45) is 2.21. The Morgan fingerprint density at radius 1 is 1.00 bits per heavy atom. The monoisotopic (exact) mass is 199 g/mol. The molecule has 0 aromatic rings. The number of rotatable bonds is 9. The van der Waals surface area contributed by atoms with Gasteiger partial charge in [-0.1, -0.05) is 13.8 Å². The second-order valence-corrected chi connectivity index (χ2v) is 2.81. The molecule has 0 aromatic carbocycles. The maximum Gasteiger partial charge on any atom is 0.639 e. The molecule has 0 heterocycles. The highest BCUT2D eigenvalue weighted by Crippen LogP contribution is 1.96. The van der Waals surface area contributed by atoms with E-state index in [1.54, 1.807) is 0 Å². The van der Waals surface area contributed by atoms with Gasteiger partial charge in [-0.15, -0.1) is 0 Å². The summed E-state index contributed by atoms with van der Waals surface area (Å²) in [5.41, 5.74) is 0. The largest absolute Gasteiger partial charge is 0.639 e. The lowest BCUT2D eigenvalue weighted by Gasteiger charge is -2.12. The Hall–Kier alpha value is -0.565. The summed E-state index contributed by atoms with van der Waals surface area (Å²) < 4.78 is 15.8. The van der Waals surface area contributed by atoms with Crippen LogP contribution in [-0.4, -0.2) is 27.1 Å². The first-order chi connectivity index (χ1) is 6.85. The van der Waals surface area contributed by atoms with Gasteiger partial charge in [0.15, 0.2) is 0 Å². The Balaban J connectivity index is 3.56. The quantitative estimate of drug-likeness (QED) is 0.419. The summed E-state index contributed by atoms with van der Waals surface area (Å²) in [6, 6.07) is 2.00. The van der Waals surface area contributed by atoms with Gasteiger partial charge in [-0.25, -0.2) is 0 Å². The molecule has 0 amide bonds. The molecule has 0 aliphatic rings. The Bertz CT molecular complexity index is 153. The Labute approximate surface area is 86.3 Å². The van der Waals surface area contributed by atoms with Gasteiger partial charge in [0.2, 0.25) is 0 Å². The van der Waals surface area contributed by atoms with Crippen LogP contribution in [0.5, 0.6) is 0 Å². The molecular weight excluding hydrogens is 181 g/mol. The number of nitriles is 1. The second kappa shape index (κ2) is 10.5. The van der Waals surface area contributed by atoms with Crippen LogP contribution in [0, 0.1) is 11.3 Å². The minimum absolute atomic E-state index is 0.356. The molecule has 0 radical (unpaired) electrons. The van der Waals surface area contributed by atoms with Gasteiger partial charge in [0.05, 0.1) is 12.5 Å². The lowest BCUT2D eigenvalue weighted by molar-refractivity contribution is 0.0950. The Morgan fingerprint density at radius 3 is 1.93 bits per heavy atom. The number of hydrogen-bond acceptors (Lipinski definition) is 4. The standard InChI is InChI=1S/C9H18BNO3/c1-3-7-12-10(13-8-4-2)14-9-5-6-11/h3-5,7-9H2,1-2H3. The fraction of sp³-hybridized carbons (Fsp3) is 0.889. The van der Waals surface area contributed by atoms with Crippen molar-refractivity contribution in [1.29, 1.82) is 5.26 Å². The fourth-order valence-electron chi connectivity index (χ4n) is 0.773. The number of nitrogens with zero attached hydrogens (tertiary/aromatic N) is 1. The van der Waals surface area contributed by atoms with Crippen LogP contribution in [-0.2, 0) is 14.0 Å². The third-order valence-corrected chi connectivity index (χ3v) is 1.38. The van der Waals surface area contributed by atoms with E-state index in [4.69, 9.17) is 19.2 Å². The van der Waals surface area contributed by atoms with E-state index in [1.807, 2.05) is 19.9 Å². The zero-order valence-corrected chi connectivity index (χ0v) is 8.99. The van der Waals surface area contributed by atoms with Crippen molar-refractivity contribution >= 4 is 7.32 Å². The normalized spacial score (nSPS) is 9.79. The van der Waals surface area contributed by atoms with Crippen LogP contribution >= 0.6 is 0 Å². The molecule has 4 nitrogen and oxygen atoms in total. The van der Waals surface area contributed by atoms with Crippen molar-refractivity contribution in [3.05, 3.63) is 0 Å². The van der Waals surface area contributed by atoms with Crippen molar-refractivity contribution in [2.24, 2.45) is 0 Å². The van der Waals surface area contributed by atoms with Crippen LogP contribution < -0.4 is 0 Å². The van der Waals surface area contributed by atoms with Crippen molar-refractivity contribution in [3.8, 4) is 6.07 Å². The van der Waals surface area contributed by atoms with Crippen molar-refractivity contribution in [2.75, 3.05) is 19.8 Å². The third-order valence-electron chi connectivity index (χ3n) is 1.38. The van der Waals surface area contributed by atoms with Gasteiger partial charge in [0.1, 0.15) is 0 Å². The molecular formula is C9H18BNO3. The fourth-order valence-corrected chi connectivity index (χ4v) is 0.773. The highest BCUT2D eigenvalue weighted by Gasteiger charge is 2.19. The molecule has 14 heavy (non-hydrogen) atoms. The molecule has 0 spiro atoms. The summed E-state index contributed by atoms with van der Waals surface area (Å²) >= 11 is 0. The van der Waals surface area contributed by atoms with Gasteiger partial charge in [-0.05, 0) is 12.8 Å².